The molecule has 0 unspecified atom stereocenters. The largest absolute Gasteiger partial charge is 0.382 e. The van der Waals surface area contributed by atoms with E-state index in [4.69, 9.17) is 11.5 Å². The summed E-state index contributed by atoms with van der Waals surface area (Å²) in [6, 6.07) is 1.19. The normalized spacial score (nSPS) is 11.6. The fourth-order valence-corrected chi connectivity index (χ4v) is 1.76. The van der Waals surface area contributed by atoms with Crippen molar-refractivity contribution in [1.29, 1.82) is 0 Å². The molecule has 0 fully saturated rings. The summed E-state index contributed by atoms with van der Waals surface area (Å²) < 4.78 is 3.55. The minimum atomic E-state index is -0.512. The summed E-state index contributed by atoms with van der Waals surface area (Å²) in [6.07, 6.45) is 1.60. The summed E-state index contributed by atoms with van der Waals surface area (Å²) in [5.74, 6) is 0.273. The van der Waals surface area contributed by atoms with Crippen LogP contribution in [0.15, 0.2) is 33.3 Å². The second-order valence-electron chi connectivity index (χ2n) is 4.53. The van der Waals surface area contributed by atoms with E-state index in [9.17, 15) is 9.59 Å². The number of nitrogens with zero attached hydrogens (tertiary/aromatic N) is 6. The van der Waals surface area contributed by atoms with Crippen LogP contribution in [0.25, 0.3) is 0 Å². The van der Waals surface area contributed by atoms with Gasteiger partial charge in [-0.3, -0.25) is 13.9 Å². The van der Waals surface area contributed by atoms with Gasteiger partial charge in [-0.25, -0.2) is 14.5 Å². The zero-order chi connectivity index (χ0) is 16.4. The van der Waals surface area contributed by atoms with Crippen molar-refractivity contribution in [3.63, 3.8) is 0 Å². The summed E-state index contributed by atoms with van der Waals surface area (Å²) >= 11 is 0. The summed E-state index contributed by atoms with van der Waals surface area (Å²) in [5.41, 5.74) is 10.9. The summed E-state index contributed by atoms with van der Waals surface area (Å²) in [7, 11) is 2.85. The predicted molar refractivity (Wildman–Crippen MR) is 81.9 cm³/mol. The first-order chi connectivity index (χ1) is 10.4. The van der Waals surface area contributed by atoms with E-state index in [1.165, 1.54) is 29.4 Å². The summed E-state index contributed by atoms with van der Waals surface area (Å²) in [4.78, 5) is 27.5. The third-order valence-electron chi connectivity index (χ3n) is 3.05. The molecule has 0 amide bonds. The molecule has 0 aliphatic carbocycles. The molecule has 0 aliphatic rings. The van der Waals surface area contributed by atoms with Crippen molar-refractivity contribution >= 4 is 17.5 Å². The molecule has 0 saturated heterocycles. The van der Waals surface area contributed by atoms with Crippen molar-refractivity contribution in [2.24, 2.45) is 24.8 Å². The first-order valence-corrected chi connectivity index (χ1v) is 6.28. The van der Waals surface area contributed by atoms with Crippen LogP contribution in [-0.4, -0.2) is 30.0 Å². The number of hydrogen-bond acceptors (Lipinski definition) is 6. The maximum atomic E-state index is 11.8. The Morgan fingerprint density at radius 1 is 1.41 bits per heavy atom. The van der Waals surface area contributed by atoms with Gasteiger partial charge in [0.1, 0.15) is 5.82 Å². The Balaban J connectivity index is 2.53. The highest BCUT2D eigenvalue weighted by atomic mass is 16.2. The van der Waals surface area contributed by atoms with Crippen LogP contribution in [0.4, 0.5) is 11.6 Å². The fourth-order valence-electron chi connectivity index (χ4n) is 1.76. The Labute approximate surface area is 125 Å². The molecule has 10 nitrogen and oxygen atoms in total. The maximum Gasteiger partial charge on any atom is 0.332 e. The van der Waals surface area contributed by atoms with Gasteiger partial charge in [-0.2, -0.15) is 0 Å². The van der Waals surface area contributed by atoms with Gasteiger partial charge >= 0.3 is 5.69 Å². The molecule has 2 aromatic heterocycles. The molecule has 0 bridgehead atoms. The van der Waals surface area contributed by atoms with Crippen LogP contribution < -0.4 is 22.7 Å². The standard InChI is InChI=1S/C12H16N8O2/c1-4-5-20-11(14)9(16-17-20)10(13)15-7-6-8(21)19(3)12(22)18(7)2/h4,6H,1,5,14H2,2-3H3,(H2,13,15). The van der Waals surface area contributed by atoms with Crippen molar-refractivity contribution in [1.82, 2.24) is 24.1 Å². The number of aliphatic imine (C=N–C) groups is 1. The van der Waals surface area contributed by atoms with E-state index in [1.54, 1.807) is 6.08 Å². The third-order valence-corrected chi connectivity index (χ3v) is 3.05. The van der Waals surface area contributed by atoms with Gasteiger partial charge in [0.25, 0.3) is 5.56 Å². The number of rotatable bonds is 4. The minimum absolute atomic E-state index is 0.0453. The lowest BCUT2D eigenvalue weighted by atomic mass is 10.4. The van der Waals surface area contributed by atoms with Crippen LogP contribution in [0, 0.1) is 0 Å². The highest BCUT2D eigenvalue weighted by Crippen LogP contribution is 2.11. The zero-order valence-corrected chi connectivity index (χ0v) is 12.2. The van der Waals surface area contributed by atoms with E-state index >= 15 is 0 Å². The molecule has 2 aromatic rings. The second kappa shape index (κ2) is 5.68. The lowest BCUT2D eigenvalue weighted by Crippen LogP contribution is -2.36. The van der Waals surface area contributed by atoms with Gasteiger partial charge in [-0.1, -0.05) is 11.3 Å². The molecule has 0 spiro atoms. The van der Waals surface area contributed by atoms with Crippen LogP contribution in [0.1, 0.15) is 5.69 Å². The molecule has 22 heavy (non-hydrogen) atoms. The molecule has 2 rings (SSSR count). The number of hydrogen-bond donors (Lipinski definition) is 2. The predicted octanol–water partition coefficient (Wildman–Crippen LogP) is -1.52. The Morgan fingerprint density at radius 3 is 2.73 bits per heavy atom. The minimum Gasteiger partial charge on any atom is -0.382 e. The number of nitrogens with two attached hydrogens (primary N) is 2. The highest BCUT2D eigenvalue weighted by Gasteiger charge is 2.14. The Morgan fingerprint density at radius 2 is 2.09 bits per heavy atom. The van der Waals surface area contributed by atoms with Crippen molar-refractivity contribution in [3.05, 3.63) is 45.3 Å². The topological polar surface area (TPSA) is 139 Å². The lowest BCUT2D eigenvalue weighted by molar-refractivity contribution is 0.670. The van der Waals surface area contributed by atoms with E-state index in [1.807, 2.05) is 0 Å². The number of anilines is 1. The smallest absolute Gasteiger partial charge is 0.332 e. The van der Waals surface area contributed by atoms with E-state index in [0.717, 1.165) is 4.57 Å². The van der Waals surface area contributed by atoms with Crippen LogP contribution in [0.3, 0.4) is 0 Å². The Bertz CT molecular complexity index is 870. The molecule has 4 N–H and O–H groups in total. The van der Waals surface area contributed by atoms with Crippen molar-refractivity contribution in [2.75, 3.05) is 5.73 Å². The fraction of sp³-hybridized carbons (Fsp3) is 0.250. The van der Waals surface area contributed by atoms with Gasteiger partial charge < -0.3 is 11.5 Å². The number of amidine groups is 1. The van der Waals surface area contributed by atoms with Crippen LogP contribution in [-0.2, 0) is 20.6 Å². The molecule has 0 saturated carbocycles. The van der Waals surface area contributed by atoms with Crippen molar-refractivity contribution in [2.45, 2.75) is 6.54 Å². The lowest BCUT2D eigenvalue weighted by Gasteiger charge is -2.06. The molecule has 116 valence electrons. The summed E-state index contributed by atoms with van der Waals surface area (Å²) in [5, 5.41) is 7.65. The van der Waals surface area contributed by atoms with Crippen LogP contribution in [0.2, 0.25) is 0 Å². The Kier molecular flexibility index (Phi) is 3.93. The monoisotopic (exact) mass is 304 g/mol. The van der Waals surface area contributed by atoms with Gasteiger partial charge in [0.15, 0.2) is 17.3 Å². The quantitative estimate of drug-likeness (QED) is 0.399. The third kappa shape index (κ3) is 2.53. The molecule has 0 radical (unpaired) electrons. The van der Waals surface area contributed by atoms with E-state index < -0.39 is 11.2 Å². The van der Waals surface area contributed by atoms with Crippen molar-refractivity contribution in [3.8, 4) is 0 Å². The van der Waals surface area contributed by atoms with Gasteiger partial charge in [-0.15, -0.1) is 11.7 Å². The Hall–Kier alpha value is -3.17. The molecule has 0 aliphatic heterocycles. The van der Waals surface area contributed by atoms with E-state index in [0.29, 0.717) is 6.54 Å². The number of aromatic nitrogens is 5. The molecule has 0 atom stereocenters. The first kappa shape index (κ1) is 15.2. The van der Waals surface area contributed by atoms with Gasteiger partial charge in [0, 0.05) is 20.2 Å². The summed E-state index contributed by atoms with van der Waals surface area (Å²) in [6.45, 7) is 3.95. The van der Waals surface area contributed by atoms with Gasteiger partial charge in [-0.05, 0) is 0 Å². The van der Waals surface area contributed by atoms with Gasteiger partial charge in [0.2, 0.25) is 0 Å². The van der Waals surface area contributed by atoms with E-state index in [2.05, 4.69) is 21.9 Å². The number of allylic oxidation sites excluding steroid dienone is 1. The highest BCUT2D eigenvalue weighted by molar-refractivity contribution is 6.00. The van der Waals surface area contributed by atoms with Gasteiger partial charge in [0.05, 0.1) is 6.54 Å². The first-order valence-electron chi connectivity index (χ1n) is 6.28. The van der Waals surface area contributed by atoms with Crippen LogP contribution >= 0.6 is 0 Å². The molecule has 10 heteroatoms. The average Bonchev–Trinajstić information content (AvgIpc) is 2.84. The second-order valence-corrected chi connectivity index (χ2v) is 4.53. The molecule has 0 aromatic carbocycles. The maximum absolute atomic E-state index is 11.8. The molecular formula is C12H16N8O2. The zero-order valence-electron chi connectivity index (χ0n) is 12.2. The molecular weight excluding hydrogens is 288 g/mol. The molecule has 2 heterocycles. The van der Waals surface area contributed by atoms with E-state index in [-0.39, 0.29) is 23.2 Å². The average molecular weight is 304 g/mol. The van der Waals surface area contributed by atoms with Crippen LogP contribution in [0.5, 0.6) is 0 Å². The SMILES string of the molecule is C=CCn1nnc(C(N)=Nc2cc(=O)n(C)c(=O)n2C)c1N. The number of nitrogen functional groups attached to an aromatic ring is 1. The van der Waals surface area contributed by atoms with Crippen molar-refractivity contribution < 1.29 is 0 Å².